The average molecular weight is 285 g/mol. The monoisotopic (exact) mass is 285 g/mol. The number of rotatable bonds is 5. The van der Waals surface area contributed by atoms with Crippen molar-refractivity contribution in [3.8, 4) is 0 Å². The van der Waals surface area contributed by atoms with Gasteiger partial charge in [0.2, 0.25) is 5.91 Å². The molecule has 1 aromatic carbocycles. The highest BCUT2D eigenvalue weighted by atomic mass is 16.2. The van der Waals surface area contributed by atoms with Crippen LogP contribution < -0.4 is 0 Å². The average Bonchev–Trinajstić information content (AvgIpc) is 3.18. The summed E-state index contributed by atoms with van der Waals surface area (Å²) in [6.07, 6.45) is 5.38. The number of amides is 1. The molecule has 1 radical (unpaired) electrons. The quantitative estimate of drug-likeness (QED) is 0.829. The Morgan fingerprint density at radius 3 is 2.86 bits per heavy atom. The zero-order valence-electron chi connectivity index (χ0n) is 12.8. The maximum absolute atomic E-state index is 12.2. The highest BCUT2D eigenvalue weighted by Gasteiger charge is 2.27. The van der Waals surface area contributed by atoms with Gasteiger partial charge in [-0.1, -0.05) is 24.3 Å². The summed E-state index contributed by atoms with van der Waals surface area (Å²) in [4.78, 5) is 16.7. The molecule has 3 nitrogen and oxygen atoms in total. The van der Waals surface area contributed by atoms with Gasteiger partial charge in [-0.05, 0) is 49.8 Å². The van der Waals surface area contributed by atoms with Crippen LogP contribution in [-0.4, -0.2) is 48.4 Å². The second-order valence-corrected chi connectivity index (χ2v) is 6.39. The first-order valence-electron chi connectivity index (χ1n) is 8.27. The number of carbonyl (C=O) groups excluding carboxylic acids is 1. The lowest BCUT2D eigenvalue weighted by Gasteiger charge is -2.19. The lowest BCUT2D eigenvalue weighted by atomic mass is 10.0. The molecule has 0 bridgehead atoms. The molecule has 0 N–H and O–H groups in total. The van der Waals surface area contributed by atoms with Crippen LogP contribution in [0.3, 0.4) is 0 Å². The predicted molar refractivity (Wildman–Crippen MR) is 84.0 cm³/mol. The molecule has 3 heteroatoms. The van der Waals surface area contributed by atoms with Gasteiger partial charge in [0, 0.05) is 32.6 Å². The van der Waals surface area contributed by atoms with Crippen molar-refractivity contribution in [1.29, 1.82) is 0 Å². The number of nitrogens with zero attached hydrogens (tertiary/aromatic N) is 2. The van der Waals surface area contributed by atoms with Gasteiger partial charge in [-0.15, -0.1) is 0 Å². The maximum Gasteiger partial charge on any atom is 0.222 e. The highest BCUT2D eigenvalue weighted by Crippen LogP contribution is 2.22. The van der Waals surface area contributed by atoms with Crippen LogP contribution in [0.5, 0.6) is 0 Å². The third-order valence-electron chi connectivity index (χ3n) is 4.76. The van der Waals surface area contributed by atoms with E-state index in [1.165, 1.54) is 24.8 Å². The summed E-state index contributed by atoms with van der Waals surface area (Å²) in [6.45, 7) is 5.30. The van der Waals surface area contributed by atoms with Gasteiger partial charge in [0.05, 0.1) is 0 Å². The number of hydrogen-bond acceptors (Lipinski definition) is 2. The fraction of sp³-hybridized carbons (Fsp3) is 0.611. The molecule has 113 valence electrons. The van der Waals surface area contributed by atoms with Gasteiger partial charge in [-0.2, -0.15) is 0 Å². The molecular weight excluding hydrogens is 260 g/mol. The van der Waals surface area contributed by atoms with Crippen LogP contribution in [0.15, 0.2) is 24.3 Å². The third-order valence-corrected chi connectivity index (χ3v) is 4.76. The Bertz CT molecular complexity index is 454. The first kappa shape index (κ1) is 14.6. The molecule has 0 spiro atoms. The van der Waals surface area contributed by atoms with E-state index in [2.05, 4.69) is 28.0 Å². The minimum Gasteiger partial charge on any atom is -0.343 e. The summed E-state index contributed by atoms with van der Waals surface area (Å²) < 4.78 is 0. The van der Waals surface area contributed by atoms with E-state index in [0.717, 1.165) is 45.6 Å². The molecular formula is C18H25N2O. The van der Waals surface area contributed by atoms with Gasteiger partial charge in [-0.25, -0.2) is 0 Å². The Hall–Kier alpha value is -1.35. The SMILES string of the molecule is O=C(CC1CCN(CCc2[c]cccc2)C1)N1CCCC1. The Morgan fingerprint density at radius 2 is 2.10 bits per heavy atom. The molecule has 1 aromatic rings. The van der Waals surface area contributed by atoms with E-state index in [9.17, 15) is 4.79 Å². The summed E-state index contributed by atoms with van der Waals surface area (Å²) in [5.74, 6) is 0.952. The van der Waals surface area contributed by atoms with Gasteiger partial charge in [0.1, 0.15) is 0 Å². The zero-order chi connectivity index (χ0) is 14.5. The molecule has 1 amide bonds. The Kier molecular flexibility index (Phi) is 4.91. The van der Waals surface area contributed by atoms with Crippen LogP contribution in [-0.2, 0) is 11.2 Å². The Balaban J connectivity index is 1.40. The van der Waals surface area contributed by atoms with E-state index < -0.39 is 0 Å². The van der Waals surface area contributed by atoms with Gasteiger partial charge >= 0.3 is 0 Å². The molecule has 2 saturated heterocycles. The highest BCUT2D eigenvalue weighted by molar-refractivity contribution is 5.76. The first-order valence-corrected chi connectivity index (χ1v) is 8.27. The normalized spacial score (nSPS) is 22.9. The molecule has 2 fully saturated rings. The largest absolute Gasteiger partial charge is 0.343 e. The van der Waals surface area contributed by atoms with Gasteiger partial charge < -0.3 is 9.80 Å². The van der Waals surface area contributed by atoms with Gasteiger partial charge in [0.15, 0.2) is 0 Å². The molecule has 2 heterocycles. The smallest absolute Gasteiger partial charge is 0.222 e. The predicted octanol–water partition coefficient (Wildman–Crippen LogP) is 2.36. The van der Waals surface area contributed by atoms with Crippen molar-refractivity contribution in [2.45, 2.75) is 32.1 Å². The standard InChI is InChI=1S/C18H25N2O/c21-18(20-10-4-5-11-20)14-17-9-13-19(15-17)12-8-16-6-2-1-3-7-16/h1-3,6,17H,4-5,8-15H2. The van der Waals surface area contributed by atoms with E-state index in [1.807, 2.05) is 12.1 Å². The molecule has 2 aliphatic heterocycles. The van der Waals surface area contributed by atoms with Crippen LogP contribution in [0.1, 0.15) is 31.2 Å². The van der Waals surface area contributed by atoms with Crippen LogP contribution >= 0.6 is 0 Å². The molecule has 0 saturated carbocycles. The summed E-state index contributed by atoms with van der Waals surface area (Å²) in [5, 5.41) is 0. The molecule has 3 rings (SSSR count). The van der Waals surface area contributed by atoms with Gasteiger partial charge in [0.25, 0.3) is 0 Å². The van der Waals surface area contributed by atoms with Crippen LogP contribution in [0.25, 0.3) is 0 Å². The van der Waals surface area contributed by atoms with Crippen molar-refractivity contribution in [2.24, 2.45) is 5.92 Å². The first-order chi connectivity index (χ1) is 10.3. The maximum atomic E-state index is 12.2. The zero-order valence-corrected chi connectivity index (χ0v) is 12.8. The van der Waals surface area contributed by atoms with Crippen molar-refractivity contribution in [2.75, 3.05) is 32.7 Å². The summed E-state index contributed by atoms with van der Waals surface area (Å²) >= 11 is 0. The van der Waals surface area contributed by atoms with Crippen LogP contribution in [0, 0.1) is 12.0 Å². The second kappa shape index (κ2) is 7.08. The molecule has 21 heavy (non-hydrogen) atoms. The molecule has 1 unspecified atom stereocenters. The lowest BCUT2D eigenvalue weighted by Crippen LogP contribution is -2.30. The van der Waals surface area contributed by atoms with Crippen molar-refractivity contribution < 1.29 is 4.79 Å². The van der Waals surface area contributed by atoms with E-state index >= 15 is 0 Å². The number of benzene rings is 1. The topological polar surface area (TPSA) is 23.6 Å². The summed E-state index contributed by atoms with van der Waals surface area (Å²) in [5.41, 5.74) is 1.29. The van der Waals surface area contributed by atoms with E-state index in [0.29, 0.717) is 11.8 Å². The second-order valence-electron chi connectivity index (χ2n) is 6.39. The minimum absolute atomic E-state index is 0.385. The van der Waals surface area contributed by atoms with Crippen LogP contribution in [0.2, 0.25) is 0 Å². The molecule has 2 aliphatic rings. The van der Waals surface area contributed by atoms with E-state index in [4.69, 9.17) is 0 Å². The fourth-order valence-electron chi connectivity index (χ4n) is 3.49. The molecule has 0 aliphatic carbocycles. The lowest BCUT2D eigenvalue weighted by molar-refractivity contribution is -0.131. The molecule has 0 aromatic heterocycles. The van der Waals surface area contributed by atoms with Gasteiger partial charge in [-0.3, -0.25) is 4.79 Å². The van der Waals surface area contributed by atoms with E-state index in [1.54, 1.807) is 0 Å². The Morgan fingerprint density at radius 1 is 1.24 bits per heavy atom. The van der Waals surface area contributed by atoms with Crippen molar-refractivity contribution in [1.82, 2.24) is 9.80 Å². The number of carbonyl (C=O) groups is 1. The minimum atomic E-state index is 0.385. The van der Waals surface area contributed by atoms with Crippen molar-refractivity contribution in [3.63, 3.8) is 0 Å². The number of hydrogen-bond donors (Lipinski definition) is 0. The summed E-state index contributed by atoms with van der Waals surface area (Å²) in [6, 6.07) is 11.5. The van der Waals surface area contributed by atoms with E-state index in [-0.39, 0.29) is 0 Å². The summed E-state index contributed by atoms with van der Waals surface area (Å²) in [7, 11) is 0. The van der Waals surface area contributed by atoms with Crippen molar-refractivity contribution >= 4 is 5.91 Å². The number of likely N-dealkylation sites (tertiary alicyclic amines) is 2. The fourth-order valence-corrected chi connectivity index (χ4v) is 3.49. The third kappa shape index (κ3) is 4.07. The van der Waals surface area contributed by atoms with Crippen LogP contribution in [0.4, 0.5) is 0 Å². The Labute approximate surface area is 127 Å². The van der Waals surface area contributed by atoms with Crippen molar-refractivity contribution in [3.05, 3.63) is 35.9 Å². The molecule has 1 atom stereocenters.